The summed E-state index contributed by atoms with van der Waals surface area (Å²) in [4.78, 5) is 12.0. The van der Waals surface area contributed by atoms with Gasteiger partial charge in [0, 0.05) is 6.54 Å². The third-order valence-electron chi connectivity index (χ3n) is 3.01. The number of benzene rings is 1. The largest absolute Gasteiger partial charge is 0.351 e. The molecule has 1 aromatic carbocycles. The van der Waals surface area contributed by atoms with Gasteiger partial charge in [-0.1, -0.05) is 42.3 Å². The fourth-order valence-corrected chi connectivity index (χ4v) is 2.07. The van der Waals surface area contributed by atoms with Gasteiger partial charge in [0.2, 0.25) is 0 Å². The Morgan fingerprint density at radius 3 is 2.85 bits per heavy atom. The summed E-state index contributed by atoms with van der Waals surface area (Å²) in [6.45, 7) is 4.52. The van der Waals surface area contributed by atoms with Gasteiger partial charge in [0.1, 0.15) is 0 Å². The first-order valence-electron chi connectivity index (χ1n) is 6.60. The summed E-state index contributed by atoms with van der Waals surface area (Å²) in [5, 5.41) is 11.4. The lowest BCUT2D eigenvalue weighted by atomic mass is 10.2. The SMILES string of the molecule is CCCCNC(=O)c1nnn(-c2ccccc2Cl)c1C. The average Bonchev–Trinajstić information content (AvgIpc) is 2.81. The van der Waals surface area contributed by atoms with Gasteiger partial charge >= 0.3 is 0 Å². The number of nitrogens with zero attached hydrogens (tertiary/aromatic N) is 3. The van der Waals surface area contributed by atoms with Crippen LogP contribution in [-0.2, 0) is 0 Å². The molecule has 0 bridgehead atoms. The molecule has 20 heavy (non-hydrogen) atoms. The van der Waals surface area contributed by atoms with Gasteiger partial charge in [-0.25, -0.2) is 4.68 Å². The molecule has 0 atom stereocenters. The second-order valence-corrected chi connectivity index (χ2v) is 4.90. The van der Waals surface area contributed by atoms with Crippen molar-refractivity contribution in [1.82, 2.24) is 20.3 Å². The third kappa shape index (κ3) is 2.99. The summed E-state index contributed by atoms with van der Waals surface area (Å²) in [6.07, 6.45) is 1.98. The minimum Gasteiger partial charge on any atom is -0.351 e. The van der Waals surface area contributed by atoms with Crippen LogP contribution in [0.1, 0.15) is 35.9 Å². The van der Waals surface area contributed by atoms with Crippen LogP contribution in [0.2, 0.25) is 5.02 Å². The van der Waals surface area contributed by atoms with Gasteiger partial charge in [-0.3, -0.25) is 4.79 Å². The van der Waals surface area contributed by atoms with Crippen molar-refractivity contribution < 1.29 is 4.79 Å². The van der Waals surface area contributed by atoms with Gasteiger partial charge in [-0.15, -0.1) is 5.10 Å². The van der Waals surface area contributed by atoms with E-state index in [0.717, 1.165) is 12.8 Å². The van der Waals surface area contributed by atoms with Crippen LogP contribution >= 0.6 is 11.6 Å². The zero-order chi connectivity index (χ0) is 14.5. The molecule has 106 valence electrons. The lowest BCUT2D eigenvalue weighted by Gasteiger charge is -2.06. The fourth-order valence-electron chi connectivity index (χ4n) is 1.85. The molecule has 1 N–H and O–H groups in total. The maximum Gasteiger partial charge on any atom is 0.273 e. The molecular formula is C14H17ClN4O. The minimum atomic E-state index is -0.200. The topological polar surface area (TPSA) is 59.8 Å². The van der Waals surface area contributed by atoms with Crippen molar-refractivity contribution >= 4 is 17.5 Å². The highest BCUT2D eigenvalue weighted by atomic mass is 35.5. The zero-order valence-corrected chi connectivity index (χ0v) is 12.3. The number of carbonyl (C=O) groups is 1. The Bertz CT molecular complexity index is 609. The number of para-hydroxylation sites is 1. The summed E-state index contributed by atoms with van der Waals surface area (Å²) in [6, 6.07) is 7.32. The summed E-state index contributed by atoms with van der Waals surface area (Å²) in [5.41, 5.74) is 1.72. The molecule has 0 radical (unpaired) electrons. The number of rotatable bonds is 5. The van der Waals surface area contributed by atoms with Gasteiger partial charge in [0.25, 0.3) is 5.91 Å². The number of hydrogen-bond acceptors (Lipinski definition) is 3. The van der Waals surface area contributed by atoms with E-state index in [0.29, 0.717) is 28.6 Å². The van der Waals surface area contributed by atoms with Gasteiger partial charge in [0.05, 0.1) is 16.4 Å². The molecule has 0 aliphatic rings. The quantitative estimate of drug-likeness (QED) is 0.862. The Kier molecular flexibility index (Phi) is 4.74. The molecule has 0 spiro atoms. The average molecular weight is 293 g/mol. The molecule has 1 amide bonds. The number of halogens is 1. The maximum absolute atomic E-state index is 12.0. The second-order valence-electron chi connectivity index (χ2n) is 4.50. The van der Waals surface area contributed by atoms with Crippen LogP contribution in [-0.4, -0.2) is 27.4 Å². The highest BCUT2D eigenvalue weighted by Gasteiger charge is 2.17. The van der Waals surface area contributed by atoms with Crippen molar-refractivity contribution in [3.8, 4) is 5.69 Å². The summed E-state index contributed by atoms with van der Waals surface area (Å²) in [7, 11) is 0. The second kappa shape index (κ2) is 6.52. The van der Waals surface area contributed by atoms with Crippen molar-refractivity contribution in [2.24, 2.45) is 0 Å². The number of amides is 1. The number of hydrogen-bond donors (Lipinski definition) is 1. The molecule has 5 nitrogen and oxygen atoms in total. The monoisotopic (exact) mass is 292 g/mol. The molecule has 0 aliphatic heterocycles. The number of carbonyl (C=O) groups excluding carboxylic acids is 1. The van der Waals surface area contributed by atoms with Gasteiger partial charge in [-0.2, -0.15) is 0 Å². The van der Waals surface area contributed by atoms with Crippen LogP contribution in [0.15, 0.2) is 24.3 Å². The Balaban J connectivity index is 2.23. The lowest BCUT2D eigenvalue weighted by molar-refractivity contribution is 0.0947. The van der Waals surface area contributed by atoms with E-state index in [1.807, 2.05) is 18.2 Å². The van der Waals surface area contributed by atoms with Gasteiger partial charge in [-0.05, 0) is 25.5 Å². The number of unbranched alkanes of at least 4 members (excludes halogenated alkanes) is 1. The molecule has 0 saturated heterocycles. The molecule has 0 unspecified atom stereocenters. The minimum absolute atomic E-state index is 0.200. The molecule has 2 aromatic rings. The predicted octanol–water partition coefficient (Wildman–Crippen LogP) is 2.76. The van der Waals surface area contributed by atoms with Crippen molar-refractivity contribution in [3.05, 3.63) is 40.7 Å². The summed E-state index contributed by atoms with van der Waals surface area (Å²) < 4.78 is 1.58. The van der Waals surface area contributed by atoms with Crippen LogP contribution in [0.5, 0.6) is 0 Å². The van der Waals surface area contributed by atoms with Crippen LogP contribution in [0.3, 0.4) is 0 Å². The first-order chi connectivity index (χ1) is 9.65. The molecular weight excluding hydrogens is 276 g/mol. The Morgan fingerprint density at radius 2 is 2.15 bits per heavy atom. The van der Waals surface area contributed by atoms with Crippen LogP contribution in [0.25, 0.3) is 5.69 Å². The molecule has 0 fully saturated rings. The summed E-state index contributed by atoms with van der Waals surface area (Å²) in [5.74, 6) is -0.200. The van der Waals surface area contributed by atoms with E-state index in [2.05, 4.69) is 22.6 Å². The first-order valence-corrected chi connectivity index (χ1v) is 6.98. The highest BCUT2D eigenvalue weighted by Crippen LogP contribution is 2.20. The van der Waals surface area contributed by atoms with Gasteiger partial charge < -0.3 is 5.32 Å². The highest BCUT2D eigenvalue weighted by molar-refractivity contribution is 6.32. The maximum atomic E-state index is 12.0. The van der Waals surface area contributed by atoms with Crippen molar-refractivity contribution in [2.75, 3.05) is 6.54 Å². The smallest absolute Gasteiger partial charge is 0.273 e. The van der Waals surface area contributed by atoms with E-state index in [1.165, 1.54) is 0 Å². The van der Waals surface area contributed by atoms with E-state index in [9.17, 15) is 4.79 Å². The predicted molar refractivity (Wildman–Crippen MR) is 78.3 cm³/mol. The molecule has 1 aromatic heterocycles. The van der Waals surface area contributed by atoms with E-state index in [1.54, 1.807) is 17.7 Å². The third-order valence-corrected chi connectivity index (χ3v) is 3.33. The first kappa shape index (κ1) is 14.5. The molecule has 0 saturated carbocycles. The Hall–Kier alpha value is -1.88. The lowest BCUT2D eigenvalue weighted by Crippen LogP contribution is -2.25. The van der Waals surface area contributed by atoms with E-state index in [4.69, 9.17) is 11.6 Å². The molecule has 6 heteroatoms. The normalized spacial score (nSPS) is 10.6. The molecule has 2 rings (SSSR count). The zero-order valence-electron chi connectivity index (χ0n) is 11.6. The van der Waals surface area contributed by atoms with E-state index in [-0.39, 0.29) is 5.91 Å². The molecule has 0 aliphatic carbocycles. The van der Waals surface area contributed by atoms with Crippen LogP contribution in [0.4, 0.5) is 0 Å². The Labute approximate surface area is 122 Å². The fraction of sp³-hybridized carbons (Fsp3) is 0.357. The van der Waals surface area contributed by atoms with Crippen molar-refractivity contribution in [3.63, 3.8) is 0 Å². The number of nitrogens with one attached hydrogen (secondary N) is 1. The van der Waals surface area contributed by atoms with E-state index < -0.39 is 0 Å². The van der Waals surface area contributed by atoms with Crippen LogP contribution in [0, 0.1) is 6.92 Å². The standard InChI is InChI=1S/C14H17ClN4O/c1-3-4-9-16-14(20)13-10(2)19(18-17-13)12-8-6-5-7-11(12)15/h5-8H,3-4,9H2,1-2H3,(H,16,20). The summed E-state index contributed by atoms with van der Waals surface area (Å²) >= 11 is 6.13. The van der Waals surface area contributed by atoms with Crippen LogP contribution < -0.4 is 5.32 Å². The number of aromatic nitrogens is 3. The molecule has 1 heterocycles. The van der Waals surface area contributed by atoms with Gasteiger partial charge in [0.15, 0.2) is 5.69 Å². The van der Waals surface area contributed by atoms with Crippen molar-refractivity contribution in [2.45, 2.75) is 26.7 Å². The van der Waals surface area contributed by atoms with E-state index >= 15 is 0 Å². The van der Waals surface area contributed by atoms with Crippen molar-refractivity contribution in [1.29, 1.82) is 0 Å². The Morgan fingerprint density at radius 1 is 1.40 bits per heavy atom.